The van der Waals surface area contributed by atoms with Crippen LogP contribution in [0.2, 0.25) is 0 Å². The van der Waals surface area contributed by atoms with E-state index in [-0.39, 0.29) is 24.4 Å². The second kappa shape index (κ2) is 7.55. The van der Waals surface area contributed by atoms with Crippen LogP contribution in [-0.4, -0.2) is 46.3 Å². The number of carbonyl (C=O) groups excluding carboxylic acids is 1. The van der Waals surface area contributed by atoms with E-state index in [0.29, 0.717) is 12.2 Å². The van der Waals surface area contributed by atoms with Crippen LogP contribution in [0.15, 0.2) is 6.07 Å². The molecule has 1 fully saturated rings. The Morgan fingerprint density at radius 2 is 2.04 bits per heavy atom. The molecular weight excluding hydrogens is 321 g/mol. The molecule has 1 aromatic heterocycles. The van der Waals surface area contributed by atoms with Gasteiger partial charge in [0.25, 0.3) is 0 Å². The second-order valence-electron chi connectivity index (χ2n) is 6.34. The van der Waals surface area contributed by atoms with Crippen LogP contribution in [-0.2, 0) is 17.5 Å². The van der Waals surface area contributed by atoms with Crippen LogP contribution < -0.4 is 5.32 Å². The van der Waals surface area contributed by atoms with Gasteiger partial charge in [-0.05, 0) is 38.9 Å². The first-order valence-corrected chi connectivity index (χ1v) is 8.41. The van der Waals surface area contributed by atoms with Crippen molar-refractivity contribution in [2.24, 2.45) is 0 Å². The fraction of sp³-hybridized carbons (Fsp3) is 0.750. The van der Waals surface area contributed by atoms with E-state index in [1.807, 2.05) is 20.8 Å². The molecule has 5 nitrogen and oxygen atoms in total. The van der Waals surface area contributed by atoms with Crippen molar-refractivity contribution in [1.82, 2.24) is 20.0 Å². The zero-order valence-electron chi connectivity index (χ0n) is 14.4. The summed E-state index contributed by atoms with van der Waals surface area (Å²) in [4.78, 5) is 14.3. The lowest BCUT2D eigenvalue weighted by Crippen LogP contribution is -2.43. The molecule has 1 aliphatic carbocycles. The quantitative estimate of drug-likeness (QED) is 0.787. The molecule has 1 saturated carbocycles. The second-order valence-corrected chi connectivity index (χ2v) is 6.34. The van der Waals surface area contributed by atoms with Crippen LogP contribution in [0.5, 0.6) is 0 Å². The zero-order chi connectivity index (χ0) is 17.9. The van der Waals surface area contributed by atoms with Crippen molar-refractivity contribution >= 4 is 5.91 Å². The van der Waals surface area contributed by atoms with Gasteiger partial charge in [-0.2, -0.15) is 18.3 Å². The van der Waals surface area contributed by atoms with Crippen molar-refractivity contribution in [3.8, 4) is 0 Å². The lowest BCUT2D eigenvalue weighted by atomic mass is 10.2. The van der Waals surface area contributed by atoms with E-state index in [4.69, 9.17) is 0 Å². The summed E-state index contributed by atoms with van der Waals surface area (Å²) < 4.78 is 39.8. The normalized spacial score (nSPS) is 16.5. The number of carbonyl (C=O) groups is 1. The van der Waals surface area contributed by atoms with Gasteiger partial charge in [0, 0.05) is 24.2 Å². The fourth-order valence-electron chi connectivity index (χ4n) is 2.78. The molecular formula is C16H25F3N4O. The summed E-state index contributed by atoms with van der Waals surface area (Å²) in [6.07, 6.45) is -2.78. The van der Waals surface area contributed by atoms with E-state index < -0.39 is 11.9 Å². The number of nitrogens with zero attached hydrogens (tertiary/aromatic N) is 3. The zero-order valence-corrected chi connectivity index (χ0v) is 14.4. The Hall–Kier alpha value is -1.57. The molecule has 1 heterocycles. The molecule has 0 aromatic carbocycles. The molecule has 0 spiro atoms. The van der Waals surface area contributed by atoms with E-state index in [1.54, 1.807) is 0 Å². The third kappa shape index (κ3) is 4.96. The van der Waals surface area contributed by atoms with Crippen molar-refractivity contribution in [1.29, 1.82) is 0 Å². The molecule has 0 aliphatic heterocycles. The first-order chi connectivity index (χ1) is 11.2. The lowest BCUT2D eigenvalue weighted by molar-refractivity contribution is -0.141. The summed E-state index contributed by atoms with van der Waals surface area (Å²) in [7, 11) is 0. The molecule has 1 atom stereocenters. The number of halogens is 3. The van der Waals surface area contributed by atoms with Gasteiger partial charge in [0.05, 0.1) is 0 Å². The van der Waals surface area contributed by atoms with Crippen LogP contribution in [0, 0.1) is 0 Å². The van der Waals surface area contributed by atoms with Crippen LogP contribution in [0.25, 0.3) is 0 Å². The number of likely N-dealkylation sites (N-methyl/N-ethyl adjacent to an activating group) is 1. The van der Waals surface area contributed by atoms with Gasteiger partial charge in [-0.3, -0.25) is 9.48 Å². The number of alkyl halides is 3. The summed E-state index contributed by atoms with van der Waals surface area (Å²) in [6, 6.07) is 1.00. The standard InChI is InChI=1S/C16H25F3N4O/c1-4-22(5-2)9-11(3)20-15(24)10-23-13(12-6-7-12)8-14(21-23)16(17,18)19/h8,11-12H,4-7,9-10H2,1-3H3,(H,20,24)/t11-/m0/s1. The molecule has 1 N–H and O–H groups in total. The molecule has 1 amide bonds. The number of hydrogen-bond donors (Lipinski definition) is 1. The molecule has 0 unspecified atom stereocenters. The monoisotopic (exact) mass is 346 g/mol. The molecule has 1 aromatic rings. The topological polar surface area (TPSA) is 50.2 Å². The van der Waals surface area contributed by atoms with Gasteiger partial charge in [-0.1, -0.05) is 13.8 Å². The first-order valence-electron chi connectivity index (χ1n) is 8.41. The number of aromatic nitrogens is 2. The number of nitrogens with one attached hydrogen (secondary N) is 1. The average Bonchev–Trinajstić information content (AvgIpc) is 3.24. The van der Waals surface area contributed by atoms with Gasteiger partial charge in [0.1, 0.15) is 6.54 Å². The van der Waals surface area contributed by atoms with Crippen molar-refractivity contribution in [2.75, 3.05) is 19.6 Å². The maximum Gasteiger partial charge on any atom is 0.435 e. The van der Waals surface area contributed by atoms with E-state index in [2.05, 4.69) is 15.3 Å². The Morgan fingerprint density at radius 1 is 1.42 bits per heavy atom. The number of hydrogen-bond acceptors (Lipinski definition) is 3. The highest BCUT2D eigenvalue weighted by molar-refractivity contribution is 5.76. The van der Waals surface area contributed by atoms with E-state index in [9.17, 15) is 18.0 Å². The van der Waals surface area contributed by atoms with Crippen LogP contribution in [0.4, 0.5) is 13.2 Å². The van der Waals surface area contributed by atoms with Crippen LogP contribution in [0.1, 0.15) is 50.9 Å². The molecule has 2 rings (SSSR count). The van der Waals surface area contributed by atoms with Crippen molar-refractivity contribution in [3.63, 3.8) is 0 Å². The van der Waals surface area contributed by atoms with Crippen molar-refractivity contribution < 1.29 is 18.0 Å². The molecule has 136 valence electrons. The fourth-order valence-corrected chi connectivity index (χ4v) is 2.78. The van der Waals surface area contributed by atoms with Crippen LogP contribution >= 0.6 is 0 Å². The Balaban J connectivity index is 1.99. The largest absolute Gasteiger partial charge is 0.435 e. The smallest absolute Gasteiger partial charge is 0.351 e. The third-order valence-corrected chi connectivity index (χ3v) is 4.22. The van der Waals surface area contributed by atoms with Gasteiger partial charge in [0.15, 0.2) is 5.69 Å². The highest BCUT2D eigenvalue weighted by Crippen LogP contribution is 2.42. The predicted molar refractivity (Wildman–Crippen MR) is 84.6 cm³/mol. The Kier molecular flexibility index (Phi) is 5.90. The summed E-state index contributed by atoms with van der Waals surface area (Å²) >= 11 is 0. The van der Waals surface area contributed by atoms with Crippen LogP contribution in [0.3, 0.4) is 0 Å². The summed E-state index contributed by atoms with van der Waals surface area (Å²) in [5, 5.41) is 6.44. The summed E-state index contributed by atoms with van der Waals surface area (Å²) in [6.45, 7) is 8.28. The highest BCUT2D eigenvalue weighted by Gasteiger charge is 2.38. The molecule has 0 saturated heterocycles. The molecule has 0 bridgehead atoms. The summed E-state index contributed by atoms with van der Waals surface area (Å²) in [5.41, 5.74) is -0.415. The SMILES string of the molecule is CCN(CC)C[C@H](C)NC(=O)Cn1nc(C(F)(F)F)cc1C1CC1. The first kappa shape index (κ1) is 18.8. The van der Waals surface area contributed by atoms with Gasteiger partial charge in [-0.15, -0.1) is 0 Å². The minimum absolute atomic E-state index is 0.0700. The van der Waals surface area contributed by atoms with Gasteiger partial charge in [0.2, 0.25) is 5.91 Å². The highest BCUT2D eigenvalue weighted by atomic mass is 19.4. The van der Waals surface area contributed by atoms with E-state index >= 15 is 0 Å². The molecule has 1 aliphatic rings. The third-order valence-electron chi connectivity index (χ3n) is 4.22. The molecule has 0 radical (unpaired) electrons. The van der Waals surface area contributed by atoms with Crippen molar-refractivity contribution in [2.45, 2.75) is 58.3 Å². The van der Waals surface area contributed by atoms with Gasteiger partial charge in [-0.25, -0.2) is 0 Å². The van der Waals surface area contributed by atoms with Gasteiger partial charge >= 0.3 is 6.18 Å². The van der Waals surface area contributed by atoms with E-state index in [1.165, 1.54) is 4.68 Å². The number of rotatable bonds is 8. The minimum atomic E-state index is -4.48. The maximum atomic E-state index is 12.9. The minimum Gasteiger partial charge on any atom is -0.351 e. The summed E-state index contributed by atoms with van der Waals surface area (Å²) in [5.74, 6) is -0.220. The maximum absolute atomic E-state index is 12.9. The Morgan fingerprint density at radius 3 is 2.54 bits per heavy atom. The lowest BCUT2D eigenvalue weighted by Gasteiger charge is -2.23. The Labute approximate surface area is 140 Å². The average molecular weight is 346 g/mol. The van der Waals surface area contributed by atoms with E-state index in [0.717, 1.165) is 32.0 Å². The molecule has 24 heavy (non-hydrogen) atoms. The van der Waals surface area contributed by atoms with Crippen molar-refractivity contribution in [3.05, 3.63) is 17.5 Å². The predicted octanol–water partition coefficient (Wildman–Crippen LogP) is 2.63. The number of amides is 1. The Bertz CT molecular complexity index is 562. The van der Waals surface area contributed by atoms with Gasteiger partial charge < -0.3 is 10.2 Å². The molecule has 8 heteroatoms.